The number of thiazole rings is 1. The molecule has 1 amide bonds. The van der Waals surface area contributed by atoms with Gasteiger partial charge in [0.25, 0.3) is 5.91 Å². The largest absolute Gasteiger partial charge is 0.485 e. The molecule has 0 unspecified atom stereocenters. The number of ether oxygens (including phenoxy) is 1. The molecule has 5 nitrogen and oxygen atoms in total. The lowest BCUT2D eigenvalue weighted by molar-refractivity contribution is 0.102. The van der Waals surface area contributed by atoms with Crippen molar-refractivity contribution >= 4 is 22.9 Å². The Labute approximate surface area is 157 Å². The first-order valence-electron chi connectivity index (χ1n) is 8.33. The molecule has 3 rings (SSSR count). The van der Waals surface area contributed by atoms with Crippen molar-refractivity contribution < 1.29 is 9.53 Å². The number of carbonyl (C=O) groups is 1. The van der Waals surface area contributed by atoms with Crippen LogP contribution < -0.4 is 10.1 Å². The minimum atomic E-state index is -0.143. The molecule has 0 aliphatic rings. The van der Waals surface area contributed by atoms with Crippen LogP contribution in [0.4, 0.5) is 5.69 Å². The summed E-state index contributed by atoms with van der Waals surface area (Å²) in [5, 5.41) is 3.73. The number of hydrogen-bond acceptors (Lipinski definition) is 5. The van der Waals surface area contributed by atoms with Gasteiger partial charge in [0.05, 0.1) is 11.9 Å². The number of anilines is 1. The van der Waals surface area contributed by atoms with E-state index in [-0.39, 0.29) is 5.91 Å². The lowest BCUT2D eigenvalue weighted by Crippen LogP contribution is -2.12. The standard InChI is InChI=1S/C20H21N3O2S/c1-12-5-8-17(13(2)9-12)23-20(24)19-15(4)22-18(26-19)11-25-16-7-6-14(3)21-10-16/h5-10H,11H2,1-4H3,(H,23,24). The first-order chi connectivity index (χ1) is 12.4. The molecule has 1 N–H and O–H groups in total. The average Bonchev–Trinajstić information content (AvgIpc) is 2.98. The van der Waals surface area contributed by atoms with Gasteiger partial charge < -0.3 is 10.1 Å². The summed E-state index contributed by atoms with van der Waals surface area (Å²) in [5.41, 5.74) is 4.66. The number of nitrogens with one attached hydrogen (secondary N) is 1. The van der Waals surface area contributed by atoms with E-state index in [9.17, 15) is 4.79 Å². The van der Waals surface area contributed by atoms with E-state index in [0.29, 0.717) is 22.9 Å². The SMILES string of the molecule is Cc1ccc(NC(=O)c2sc(COc3ccc(C)nc3)nc2C)c(C)c1. The van der Waals surface area contributed by atoms with Crippen LogP contribution in [0.3, 0.4) is 0 Å². The molecule has 2 heterocycles. The van der Waals surface area contributed by atoms with Crippen molar-refractivity contribution in [2.24, 2.45) is 0 Å². The number of aromatic nitrogens is 2. The fourth-order valence-electron chi connectivity index (χ4n) is 2.54. The van der Waals surface area contributed by atoms with Crippen LogP contribution in [0.15, 0.2) is 36.5 Å². The Morgan fingerprint density at radius 1 is 1.15 bits per heavy atom. The maximum atomic E-state index is 12.6. The van der Waals surface area contributed by atoms with E-state index in [0.717, 1.165) is 22.0 Å². The second-order valence-corrected chi connectivity index (χ2v) is 7.30. The first kappa shape index (κ1) is 18.1. The van der Waals surface area contributed by atoms with Gasteiger partial charge in [0, 0.05) is 11.4 Å². The molecule has 2 aromatic heterocycles. The predicted molar refractivity (Wildman–Crippen MR) is 104 cm³/mol. The van der Waals surface area contributed by atoms with Gasteiger partial charge in [0.1, 0.15) is 22.2 Å². The van der Waals surface area contributed by atoms with E-state index in [1.807, 2.05) is 58.0 Å². The second-order valence-electron chi connectivity index (χ2n) is 6.22. The summed E-state index contributed by atoms with van der Waals surface area (Å²) < 4.78 is 5.70. The van der Waals surface area contributed by atoms with E-state index in [1.165, 1.54) is 16.9 Å². The summed E-state index contributed by atoms with van der Waals surface area (Å²) >= 11 is 1.35. The number of rotatable bonds is 5. The Hall–Kier alpha value is -2.73. The van der Waals surface area contributed by atoms with Crippen LogP contribution in [-0.2, 0) is 6.61 Å². The van der Waals surface area contributed by atoms with Crippen LogP contribution in [0.1, 0.15) is 37.2 Å². The number of carbonyl (C=O) groups excluding carboxylic acids is 1. The summed E-state index contributed by atoms with van der Waals surface area (Å²) in [5.74, 6) is 0.542. The van der Waals surface area contributed by atoms with Gasteiger partial charge in [-0.1, -0.05) is 17.7 Å². The lowest BCUT2D eigenvalue weighted by Gasteiger charge is -2.08. The number of aryl methyl sites for hydroxylation is 4. The molecule has 0 atom stereocenters. The average molecular weight is 367 g/mol. The molecule has 0 bridgehead atoms. The number of pyridine rings is 1. The number of benzene rings is 1. The maximum Gasteiger partial charge on any atom is 0.267 e. The zero-order valence-electron chi connectivity index (χ0n) is 15.3. The number of amides is 1. The van der Waals surface area contributed by atoms with Crippen molar-refractivity contribution in [2.75, 3.05) is 5.32 Å². The summed E-state index contributed by atoms with van der Waals surface area (Å²) in [6, 6.07) is 9.72. The molecule has 1 aromatic carbocycles. The molecular formula is C20H21N3O2S. The molecule has 3 aromatic rings. The van der Waals surface area contributed by atoms with Crippen molar-refractivity contribution in [3.8, 4) is 5.75 Å². The summed E-state index contributed by atoms with van der Waals surface area (Å²) in [6.45, 7) is 8.09. The van der Waals surface area contributed by atoms with E-state index in [2.05, 4.69) is 15.3 Å². The molecule has 0 saturated carbocycles. The predicted octanol–water partition coefficient (Wildman–Crippen LogP) is 4.60. The molecule has 0 aliphatic heterocycles. The normalized spacial score (nSPS) is 10.6. The van der Waals surface area contributed by atoms with Gasteiger partial charge in [0.2, 0.25) is 0 Å². The Balaban J connectivity index is 1.68. The van der Waals surface area contributed by atoms with Gasteiger partial charge in [-0.3, -0.25) is 9.78 Å². The van der Waals surface area contributed by atoms with Gasteiger partial charge in [-0.05, 0) is 51.5 Å². The highest BCUT2D eigenvalue weighted by Gasteiger charge is 2.16. The third-order valence-electron chi connectivity index (χ3n) is 3.92. The molecule has 134 valence electrons. The summed E-state index contributed by atoms with van der Waals surface area (Å²) in [7, 11) is 0. The van der Waals surface area contributed by atoms with Gasteiger partial charge in [-0.25, -0.2) is 4.98 Å². The van der Waals surface area contributed by atoms with Gasteiger partial charge in [0.15, 0.2) is 0 Å². The van der Waals surface area contributed by atoms with E-state index in [1.54, 1.807) is 6.20 Å². The maximum absolute atomic E-state index is 12.6. The molecule has 26 heavy (non-hydrogen) atoms. The smallest absolute Gasteiger partial charge is 0.267 e. The topological polar surface area (TPSA) is 64.1 Å². The minimum Gasteiger partial charge on any atom is -0.485 e. The monoisotopic (exact) mass is 367 g/mol. The Morgan fingerprint density at radius 3 is 2.65 bits per heavy atom. The minimum absolute atomic E-state index is 0.143. The molecule has 6 heteroatoms. The Bertz CT molecular complexity index is 933. The number of hydrogen-bond donors (Lipinski definition) is 1. The van der Waals surface area contributed by atoms with Crippen LogP contribution in [0, 0.1) is 27.7 Å². The van der Waals surface area contributed by atoms with Crippen molar-refractivity contribution in [1.82, 2.24) is 9.97 Å². The highest BCUT2D eigenvalue weighted by atomic mass is 32.1. The quantitative estimate of drug-likeness (QED) is 0.716. The molecule has 0 saturated heterocycles. The zero-order valence-corrected chi connectivity index (χ0v) is 16.1. The molecule has 0 radical (unpaired) electrons. The fraction of sp³-hybridized carbons (Fsp3) is 0.250. The Kier molecular flexibility index (Phi) is 5.32. The summed E-state index contributed by atoms with van der Waals surface area (Å²) in [4.78, 5) is 21.9. The van der Waals surface area contributed by atoms with Crippen molar-refractivity contribution in [3.63, 3.8) is 0 Å². The summed E-state index contributed by atoms with van der Waals surface area (Å²) in [6.07, 6.45) is 1.68. The highest BCUT2D eigenvalue weighted by molar-refractivity contribution is 7.13. The molecular weight excluding hydrogens is 346 g/mol. The van der Waals surface area contributed by atoms with Crippen LogP contribution in [0.2, 0.25) is 0 Å². The van der Waals surface area contributed by atoms with Crippen LogP contribution in [0.25, 0.3) is 0 Å². The van der Waals surface area contributed by atoms with E-state index < -0.39 is 0 Å². The van der Waals surface area contributed by atoms with Crippen molar-refractivity contribution in [3.05, 3.63) is 68.9 Å². The third kappa shape index (κ3) is 4.26. The van der Waals surface area contributed by atoms with Crippen molar-refractivity contribution in [1.29, 1.82) is 0 Å². The molecule has 0 fully saturated rings. The number of nitrogens with zero attached hydrogens (tertiary/aromatic N) is 2. The third-order valence-corrected chi connectivity index (χ3v) is 5.05. The fourth-order valence-corrected chi connectivity index (χ4v) is 3.42. The lowest BCUT2D eigenvalue weighted by atomic mass is 10.1. The first-order valence-corrected chi connectivity index (χ1v) is 9.14. The van der Waals surface area contributed by atoms with Crippen LogP contribution >= 0.6 is 11.3 Å². The van der Waals surface area contributed by atoms with E-state index in [4.69, 9.17) is 4.74 Å². The van der Waals surface area contributed by atoms with Gasteiger partial charge >= 0.3 is 0 Å². The van der Waals surface area contributed by atoms with E-state index >= 15 is 0 Å². The molecule has 0 aliphatic carbocycles. The molecule has 0 spiro atoms. The van der Waals surface area contributed by atoms with Crippen LogP contribution in [-0.4, -0.2) is 15.9 Å². The van der Waals surface area contributed by atoms with Gasteiger partial charge in [-0.15, -0.1) is 11.3 Å². The van der Waals surface area contributed by atoms with Crippen molar-refractivity contribution in [2.45, 2.75) is 34.3 Å². The van der Waals surface area contributed by atoms with Crippen LogP contribution in [0.5, 0.6) is 5.75 Å². The second kappa shape index (κ2) is 7.66. The highest BCUT2D eigenvalue weighted by Crippen LogP contribution is 2.23. The zero-order chi connectivity index (χ0) is 18.7. The van der Waals surface area contributed by atoms with Gasteiger partial charge in [-0.2, -0.15) is 0 Å². The Morgan fingerprint density at radius 2 is 1.96 bits per heavy atom.